The lowest BCUT2D eigenvalue weighted by Gasteiger charge is -2.16. The standard InChI is InChI=1S/C20H27N/c1-5-16-11-12-17(6-2)20(13-16)19-10-8-7-9-18(19)14-21-15(3)4/h7-13,15,21H,5-6,14H2,1-4H3. The van der Waals surface area contributed by atoms with Crippen LogP contribution in [-0.4, -0.2) is 6.04 Å². The van der Waals surface area contributed by atoms with E-state index in [4.69, 9.17) is 0 Å². The smallest absolute Gasteiger partial charge is 0.0214 e. The molecule has 2 aromatic rings. The van der Waals surface area contributed by atoms with Gasteiger partial charge in [0.2, 0.25) is 0 Å². The molecule has 0 heterocycles. The number of hydrogen-bond acceptors (Lipinski definition) is 1. The SMILES string of the molecule is CCc1ccc(CC)c(-c2ccccc2CNC(C)C)c1. The molecule has 1 heteroatoms. The van der Waals surface area contributed by atoms with Crippen LogP contribution in [0.3, 0.4) is 0 Å². The van der Waals surface area contributed by atoms with Crippen molar-refractivity contribution in [1.29, 1.82) is 0 Å². The molecule has 0 aliphatic heterocycles. The highest BCUT2D eigenvalue weighted by Gasteiger charge is 2.09. The highest BCUT2D eigenvalue weighted by molar-refractivity contribution is 5.71. The molecule has 0 fully saturated rings. The predicted octanol–water partition coefficient (Wildman–Crippen LogP) is 4.98. The Morgan fingerprint density at radius 2 is 1.62 bits per heavy atom. The quantitative estimate of drug-likeness (QED) is 0.787. The van der Waals surface area contributed by atoms with Gasteiger partial charge in [-0.25, -0.2) is 0 Å². The highest BCUT2D eigenvalue weighted by Crippen LogP contribution is 2.29. The van der Waals surface area contributed by atoms with Crippen LogP contribution in [0.15, 0.2) is 42.5 Å². The van der Waals surface area contributed by atoms with E-state index in [2.05, 4.69) is 75.5 Å². The van der Waals surface area contributed by atoms with Crippen molar-refractivity contribution in [3.63, 3.8) is 0 Å². The van der Waals surface area contributed by atoms with Crippen LogP contribution in [-0.2, 0) is 19.4 Å². The molecule has 0 saturated heterocycles. The zero-order chi connectivity index (χ0) is 15.2. The van der Waals surface area contributed by atoms with Gasteiger partial charge in [0.1, 0.15) is 0 Å². The van der Waals surface area contributed by atoms with Gasteiger partial charge in [-0.15, -0.1) is 0 Å². The van der Waals surface area contributed by atoms with Crippen molar-refractivity contribution in [2.45, 2.75) is 53.1 Å². The molecule has 0 amide bonds. The van der Waals surface area contributed by atoms with Gasteiger partial charge in [-0.2, -0.15) is 0 Å². The molecule has 0 bridgehead atoms. The summed E-state index contributed by atoms with van der Waals surface area (Å²) in [6, 6.07) is 16.2. The van der Waals surface area contributed by atoms with Gasteiger partial charge in [-0.05, 0) is 40.7 Å². The Kier molecular flexibility index (Phi) is 5.58. The van der Waals surface area contributed by atoms with E-state index < -0.39 is 0 Å². The van der Waals surface area contributed by atoms with Gasteiger partial charge >= 0.3 is 0 Å². The Morgan fingerprint density at radius 3 is 2.29 bits per heavy atom. The molecule has 0 aromatic heterocycles. The van der Waals surface area contributed by atoms with Gasteiger partial charge in [0.25, 0.3) is 0 Å². The second kappa shape index (κ2) is 7.42. The zero-order valence-corrected chi connectivity index (χ0v) is 13.7. The third kappa shape index (κ3) is 3.95. The van der Waals surface area contributed by atoms with E-state index in [1.807, 2.05) is 0 Å². The highest BCUT2D eigenvalue weighted by atomic mass is 14.9. The minimum Gasteiger partial charge on any atom is -0.310 e. The Balaban J connectivity index is 2.45. The first-order valence-electron chi connectivity index (χ1n) is 8.09. The van der Waals surface area contributed by atoms with Gasteiger partial charge in [0, 0.05) is 12.6 Å². The van der Waals surface area contributed by atoms with E-state index in [1.165, 1.54) is 27.8 Å². The first-order valence-corrected chi connectivity index (χ1v) is 8.09. The second-order valence-corrected chi connectivity index (χ2v) is 5.89. The molecule has 0 aliphatic carbocycles. The Hall–Kier alpha value is -1.60. The molecule has 0 aliphatic rings. The van der Waals surface area contributed by atoms with Crippen LogP contribution in [0.5, 0.6) is 0 Å². The average molecular weight is 281 g/mol. The zero-order valence-electron chi connectivity index (χ0n) is 13.7. The van der Waals surface area contributed by atoms with Gasteiger partial charge in [0.15, 0.2) is 0 Å². The molecule has 0 radical (unpaired) electrons. The number of nitrogens with one attached hydrogen (secondary N) is 1. The molecule has 0 unspecified atom stereocenters. The summed E-state index contributed by atoms with van der Waals surface area (Å²) < 4.78 is 0. The maximum atomic E-state index is 3.54. The van der Waals surface area contributed by atoms with Crippen LogP contribution < -0.4 is 5.32 Å². The summed E-state index contributed by atoms with van der Waals surface area (Å²) in [6.07, 6.45) is 2.16. The second-order valence-electron chi connectivity index (χ2n) is 5.89. The number of benzene rings is 2. The molecule has 0 saturated carbocycles. The maximum Gasteiger partial charge on any atom is 0.0214 e. The van der Waals surface area contributed by atoms with Crippen molar-refractivity contribution < 1.29 is 0 Å². The van der Waals surface area contributed by atoms with E-state index in [-0.39, 0.29) is 0 Å². The first-order chi connectivity index (χ1) is 10.2. The van der Waals surface area contributed by atoms with Crippen molar-refractivity contribution in [1.82, 2.24) is 5.32 Å². The van der Waals surface area contributed by atoms with Crippen LogP contribution in [0.4, 0.5) is 0 Å². The van der Waals surface area contributed by atoms with Gasteiger partial charge < -0.3 is 5.32 Å². The summed E-state index contributed by atoms with van der Waals surface area (Å²) in [5.41, 5.74) is 7.00. The predicted molar refractivity (Wildman–Crippen MR) is 92.6 cm³/mol. The van der Waals surface area contributed by atoms with Crippen molar-refractivity contribution in [3.05, 3.63) is 59.2 Å². The van der Waals surface area contributed by atoms with Crippen LogP contribution >= 0.6 is 0 Å². The normalized spacial score (nSPS) is 11.1. The fourth-order valence-electron chi connectivity index (χ4n) is 2.65. The minimum absolute atomic E-state index is 0.505. The summed E-state index contributed by atoms with van der Waals surface area (Å²) in [6.45, 7) is 9.76. The van der Waals surface area contributed by atoms with Crippen LogP contribution in [0, 0.1) is 0 Å². The van der Waals surface area contributed by atoms with Crippen molar-refractivity contribution in [2.24, 2.45) is 0 Å². The third-order valence-electron chi connectivity index (χ3n) is 3.97. The van der Waals surface area contributed by atoms with E-state index in [0.29, 0.717) is 6.04 Å². The number of rotatable bonds is 6. The van der Waals surface area contributed by atoms with Crippen LogP contribution in [0.25, 0.3) is 11.1 Å². The molecule has 0 atom stereocenters. The molecule has 21 heavy (non-hydrogen) atoms. The fraction of sp³-hybridized carbons (Fsp3) is 0.400. The van der Waals surface area contributed by atoms with Crippen molar-refractivity contribution >= 4 is 0 Å². The summed E-state index contributed by atoms with van der Waals surface area (Å²) >= 11 is 0. The number of aryl methyl sites for hydroxylation is 2. The van der Waals surface area contributed by atoms with Gasteiger partial charge in [-0.3, -0.25) is 0 Å². The van der Waals surface area contributed by atoms with Crippen molar-refractivity contribution in [3.8, 4) is 11.1 Å². The van der Waals surface area contributed by atoms with Crippen LogP contribution in [0.2, 0.25) is 0 Å². The molecular formula is C20H27N. The van der Waals surface area contributed by atoms with Gasteiger partial charge in [0.05, 0.1) is 0 Å². The lowest BCUT2D eigenvalue weighted by molar-refractivity contribution is 0.589. The monoisotopic (exact) mass is 281 g/mol. The molecule has 1 N–H and O–H groups in total. The molecule has 1 nitrogen and oxygen atoms in total. The van der Waals surface area contributed by atoms with Crippen LogP contribution in [0.1, 0.15) is 44.4 Å². The summed E-state index contributed by atoms with van der Waals surface area (Å²) in [4.78, 5) is 0. The number of hydrogen-bond donors (Lipinski definition) is 1. The minimum atomic E-state index is 0.505. The molecule has 0 spiro atoms. The maximum absolute atomic E-state index is 3.54. The molecular weight excluding hydrogens is 254 g/mol. The summed E-state index contributed by atoms with van der Waals surface area (Å²) in [5, 5.41) is 3.54. The van der Waals surface area contributed by atoms with E-state index in [9.17, 15) is 0 Å². The van der Waals surface area contributed by atoms with E-state index in [0.717, 1.165) is 19.4 Å². The summed E-state index contributed by atoms with van der Waals surface area (Å²) in [5.74, 6) is 0. The van der Waals surface area contributed by atoms with E-state index >= 15 is 0 Å². The Bertz CT molecular complexity index is 584. The Labute approximate surface area is 129 Å². The third-order valence-corrected chi connectivity index (χ3v) is 3.97. The largest absolute Gasteiger partial charge is 0.310 e. The average Bonchev–Trinajstić information content (AvgIpc) is 2.52. The molecule has 2 rings (SSSR count). The summed E-state index contributed by atoms with van der Waals surface area (Å²) in [7, 11) is 0. The topological polar surface area (TPSA) is 12.0 Å². The first kappa shape index (κ1) is 15.8. The fourth-order valence-corrected chi connectivity index (χ4v) is 2.65. The van der Waals surface area contributed by atoms with E-state index in [1.54, 1.807) is 0 Å². The Morgan fingerprint density at radius 1 is 0.857 bits per heavy atom. The lowest BCUT2D eigenvalue weighted by Crippen LogP contribution is -2.22. The lowest BCUT2D eigenvalue weighted by atomic mass is 9.92. The van der Waals surface area contributed by atoms with Crippen molar-refractivity contribution in [2.75, 3.05) is 0 Å². The van der Waals surface area contributed by atoms with Gasteiger partial charge in [-0.1, -0.05) is 70.2 Å². The molecule has 112 valence electrons. The molecule has 2 aromatic carbocycles.